The number of rotatable bonds is 11. The van der Waals surface area contributed by atoms with E-state index in [0.717, 1.165) is 35.8 Å². The van der Waals surface area contributed by atoms with Crippen LogP contribution in [0.5, 0.6) is 11.5 Å². The molecule has 0 radical (unpaired) electrons. The van der Waals surface area contributed by atoms with Crippen LogP contribution in [0.15, 0.2) is 47.4 Å². The Balaban J connectivity index is 1.55. The van der Waals surface area contributed by atoms with Crippen LogP contribution in [0.1, 0.15) is 19.4 Å². The molecule has 0 aromatic heterocycles. The zero-order valence-electron chi connectivity index (χ0n) is 18.9. The fourth-order valence-electron chi connectivity index (χ4n) is 3.49. The Hall–Kier alpha value is -2.71. The standard InChI is InChI=1S/C24H31N3O4S/c1-4-26(5-2)12-13-31-20-11-10-18(14-21(20)30-3)15-25-23(28)16-27-19-8-6-7-9-22(19)32-17-24(27)29/h6-11,14H,4-5,12-13,15-17H2,1-3H3,(H,25,28). The van der Waals surface area contributed by atoms with Gasteiger partial charge in [0.2, 0.25) is 11.8 Å². The molecule has 172 valence electrons. The maximum atomic E-state index is 12.6. The zero-order valence-corrected chi connectivity index (χ0v) is 19.7. The van der Waals surface area contributed by atoms with Gasteiger partial charge in [0.25, 0.3) is 0 Å². The first-order chi connectivity index (χ1) is 15.5. The number of anilines is 1. The summed E-state index contributed by atoms with van der Waals surface area (Å²) in [5.74, 6) is 1.39. The van der Waals surface area contributed by atoms with Crippen molar-refractivity contribution in [2.45, 2.75) is 25.3 Å². The SMILES string of the molecule is CCN(CC)CCOc1ccc(CNC(=O)CN2C(=O)CSc3ccccc32)cc1OC. The van der Waals surface area contributed by atoms with Crippen molar-refractivity contribution in [1.82, 2.24) is 10.2 Å². The van der Waals surface area contributed by atoms with Crippen molar-refractivity contribution in [2.24, 2.45) is 0 Å². The minimum atomic E-state index is -0.210. The molecule has 1 aliphatic heterocycles. The minimum absolute atomic E-state index is 0.0000927. The van der Waals surface area contributed by atoms with E-state index in [4.69, 9.17) is 9.47 Å². The highest BCUT2D eigenvalue weighted by Gasteiger charge is 2.26. The fraction of sp³-hybridized carbons (Fsp3) is 0.417. The van der Waals surface area contributed by atoms with Crippen LogP contribution < -0.4 is 19.7 Å². The van der Waals surface area contributed by atoms with Crippen molar-refractivity contribution in [3.8, 4) is 11.5 Å². The number of likely N-dealkylation sites (N-methyl/N-ethyl adjacent to an activating group) is 1. The summed E-state index contributed by atoms with van der Waals surface area (Å²) in [7, 11) is 1.60. The van der Waals surface area contributed by atoms with Gasteiger partial charge in [0.05, 0.1) is 18.6 Å². The van der Waals surface area contributed by atoms with Gasteiger partial charge in [-0.05, 0) is 42.9 Å². The Morgan fingerprint density at radius 2 is 1.94 bits per heavy atom. The van der Waals surface area contributed by atoms with Crippen LogP contribution in [0, 0.1) is 0 Å². The number of fused-ring (bicyclic) bond motifs is 1. The van der Waals surface area contributed by atoms with E-state index >= 15 is 0 Å². The lowest BCUT2D eigenvalue weighted by Gasteiger charge is -2.28. The Morgan fingerprint density at radius 3 is 2.69 bits per heavy atom. The molecule has 8 heteroatoms. The maximum Gasteiger partial charge on any atom is 0.240 e. The normalized spacial score (nSPS) is 13.1. The number of thioether (sulfide) groups is 1. The van der Waals surface area contributed by atoms with Crippen molar-refractivity contribution in [1.29, 1.82) is 0 Å². The number of carbonyl (C=O) groups is 2. The molecule has 0 spiro atoms. The lowest BCUT2D eigenvalue weighted by molar-refractivity contribution is -0.123. The topological polar surface area (TPSA) is 71.1 Å². The quantitative estimate of drug-likeness (QED) is 0.559. The second kappa shape index (κ2) is 11.8. The third-order valence-corrected chi connectivity index (χ3v) is 6.43. The van der Waals surface area contributed by atoms with Gasteiger partial charge in [-0.1, -0.05) is 32.0 Å². The van der Waals surface area contributed by atoms with Gasteiger partial charge in [-0.15, -0.1) is 11.8 Å². The molecule has 0 unspecified atom stereocenters. The third-order valence-electron chi connectivity index (χ3n) is 5.39. The van der Waals surface area contributed by atoms with Crippen molar-refractivity contribution >= 4 is 29.3 Å². The molecule has 1 aliphatic rings. The largest absolute Gasteiger partial charge is 0.493 e. The number of nitrogens with one attached hydrogen (secondary N) is 1. The molecule has 32 heavy (non-hydrogen) atoms. The average Bonchev–Trinajstić information content (AvgIpc) is 2.82. The summed E-state index contributed by atoms with van der Waals surface area (Å²) < 4.78 is 11.4. The highest BCUT2D eigenvalue weighted by molar-refractivity contribution is 8.00. The molecule has 7 nitrogen and oxygen atoms in total. The summed E-state index contributed by atoms with van der Waals surface area (Å²) in [5, 5.41) is 2.90. The number of carbonyl (C=O) groups excluding carboxylic acids is 2. The van der Waals surface area contributed by atoms with Gasteiger partial charge in [-0.3, -0.25) is 9.59 Å². The van der Waals surface area contributed by atoms with E-state index < -0.39 is 0 Å². The number of hydrogen-bond donors (Lipinski definition) is 1. The number of methoxy groups -OCH3 is 1. The maximum absolute atomic E-state index is 12.6. The molecule has 0 atom stereocenters. The number of para-hydroxylation sites is 1. The number of hydrogen-bond acceptors (Lipinski definition) is 6. The molecule has 0 bridgehead atoms. The van der Waals surface area contributed by atoms with E-state index in [1.54, 1.807) is 12.0 Å². The molecule has 1 N–H and O–H groups in total. The Morgan fingerprint density at radius 1 is 1.16 bits per heavy atom. The monoisotopic (exact) mass is 457 g/mol. The van der Waals surface area contributed by atoms with Crippen LogP contribution in [0.25, 0.3) is 0 Å². The lowest BCUT2D eigenvalue weighted by Crippen LogP contribution is -2.43. The fourth-order valence-corrected chi connectivity index (χ4v) is 4.43. The molecular formula is C24H31N3O4S. The molecular weight excluding hydrogens is 426 g/mol. The van der Waals surface area contributed by atoms with E-state index in [1.807, 2.05) is 42.5 Å². The molecule has 2 aromatic carbocycles. The summed E-state index contributed by atoms with van der Waals surface area (Å²) in [6.07, 6.45) is 0. The van der Waals surface area contributed by atoms with Crippen molar-refractivity contribution in [3.63, 3.8) is 0 Å². The Bertz CT molecular complexity index is 933. The Kier molecular flexibility index (Phi) is 8.81. The molecule has 2 aromatic rings. The van der Waals surface area contributed by atoms with Crippen molar-refractivity contribution in [2.75, 3.05) is 50.5 Å². The summed E-state index contributed by atoms with van der Waals surface area (Å²) in [5.41, 5.74) is 1.68. The predicted molar refractivity (Wildman–Crippen MR) is 128 cm³/mol. The minimum Gasteiger partial charge on any atom is -0.493 e. The van der Waals surface area contributed by atoms with Crippen molar-refractivity contribution in [3.05, 3.63) is 48.0 Å². The lowest BCUT2D eigenvalue weighted by atomic mass is 10.2. The molecule has 0 aliphatic carbocycles. The van der Waals surface area contributed by atoms with Crippen LogP contribution in [0.2, 0.25) is 0 Å². The zero-order chi connectivity index (χ0) is 22.9. The van der Waals surface area contributed by atoms with Crippen molar-refractivity contribution < 1.29 is 19.1 Å². The van der Waals surface area contributed by atoms with Gasteiger partial charge < -0.3 is 24.6 Å². The highest BCUT2D eigenvalue weighted by Crippen LogP contribution is 2.34. The van der Waals surface area contributed by atoms with Crippen LogP contribution in [0.3, 0.4) is 0 Å². The average molecular weight is 458 g/mol. The Labute approximate surface area is 194 Å². The second-order valence-electron chi connectivity index (χ2n) is 7.37. The molecule has 0 saturated heterocycles. The summed E-state index contributed by atoms with van der Waals surface area (Å²) >= 11 is 1.50. The number of benzene rings is 2. The van der Waals surface area contributed by atoms with Crippen LogP contribution in [-0.2, 0) is 16.1 Å². The summed E-state index contributed by atoms with van der Waals surface area (Å²) in [4.78, 5) is 29.8. The molecule has 2 amide bonds. The van der Waals surface area contributed by atoms with Gasteiger partial charge >= 0.3 is 0 Å². The first-order valence-corrected chi connectivity index (χ1v) is 11.8. The van der Waals surface area contributed by atoms with Crippen LogP contribution in [-0.4, -0.2) is 62.4 Å². The van der Waals surface area contributed by atoms with E-state index in [2.05, 4.69) is 24.1 Å². The number of nitrogens with zero attached hydrogens (tertiary/aromatic N) is 2. The smallest absolute Gasteiger partial charge is 0.240 e. The van der Waals surface area contributed by atoms with Gasteiger partial charge in [0, 0.05) is 18.0 Å². The van der Waals surface area contributed by atoms with E-state index in [-0.39, 0.29) is 18.4 Å². The molecule has 0 saturated carbocycles. The summed E-state index contributed by atoms with van der Waals surface area (Å²) in [6, 6.07) is 13.3. The van der Waals surface area contributed by atoms with Crippen LogP contribution >= 0.6 is 11.8 Å². The molecule has 3 rings (SSSR count). The molecule has 0 fully saturated rings. The van der Waals surface area contributed by atoms with Gasteiger partial charge in [0.15, 0.2) is 11.5 Å². The number of amides is 2. The highest BCUT2D eigenvalue weighted by atomic mass is 32.2. The predicted octanol–water partition coefficient (Wildman–Crippen LogP) is 3.17. The van der Waals surface area contributed by atoms with Gasteiger partial charge in [-0.2, -0.15) is 0 Å². The van der Waals surface area contributed by atoms with Gasteiger partial charge in [-0.25, -0.2) is 0 Å². The third kappa shape index (κ3) is 6.17. The molecule has 1 heterocycles. The van der Waals surface area contributed by atoms with Gasteiger partial charge in [0.1, 0.15) is 13.2 Å². The first-order valence-electron chi connectivity index (χ1n) is 10.9. The van der Waals surface area contributed by atoms with Crippen LogP contribution in [0.4, 0.5) is 5.69 Å². The first kappa shape index (κ1) is 23.9. The number of ether oxygens (including phenoxy) is 2. The van der Waals surface area contributed by atoms with E-state index in [9.17, 15) is 9.59 Å². The van der Waals surface area contributed by atoms with E-state index in [1.165, 1.54) is 11.8 Å². The second-order valence-corrected chi connectivity index (χ2v) is 8.39. The summed E-state index contributed by atoms with van der Waals surface area (Å²) in [6.45, 7) is 8.01. The van der Waals surface area contributed by atoms with E-state index in [0.29, 0.717) is 30.4 Å².